The van der Waals surface area contributed by atoms with Crippen LogP contribution in [0, 0.1) is 22.7 Å². The van der Waals surface area contributed by atoms with E-state index in [4.69, 9.17) is 28.4 Å². The molecule has 2 bridgehead atoms. The summed E-state index contributed by atoms with van der Waals surface area (Å²) < 4.78 is 36.4. The van der Waals surface area contributed by atoms with E-state index < -0.39 is 64.9 Å². The van der Waals surface area contributed by atoms with Crippen molar-refractivity contribution < 1.29 is 47.6 Å². The monoisotopic (exact) mass is 550 g/mol. The van der Waals surface area contributed by atoms with E-state index >= 15 is 0 Å². The van der Waals surface area contributed by atoms with Crippen LogP contribution >= 0.6 is 0 Å². The highest BCUT2D eigenvalue weighted by molar-refractivity contribution is 5.71. The Kier molecular flexibility index (Phi) is 7.95. The van der Waals surface area contributed by atoms with Gasteiger partial charge in [0.1, 0.15) is 24.4 Å². The molecule has 2 saturated heterocycles. The van der Waals surface area contributed by atoms with Crippen LogP contribution in [0.1, 0.15) is 74.7 Å². The topological polar surface area (TPSA) is 127 Å². The van der Waals surface area contributed by atoms with Gasteiger partial charge in [0.15, 0.2) is 12.2 Å². The quantitative estimate of drug-likeness (QED) is 0.183. The molecule has 2 aliphatic heterocycles. The second kappa shape index (κ2) is 10.5. The fraction of sp³-hybridized carbons (Fsp3) is 0.793. The van der Waals surface area contributed by atoms with Crippen LogP contribution in [-0.2, 0) is 47.6 Å². The van der Waals surface area contributed by atoms with Crippen molar-refractivity contribution >= 4 is 23.9 Å². The number of rotatable bonds is 9. The summed E-state index contributed by atoms with van der Waals surface area (Å²) in [4.78, 5) is 50.2. The summed E-state index contributed by atoms with van der Waals surface area (Å²) in [6.45, 7) is 14.3. The lowest BCUT2D eigenvalue weighted by Crippen LogP contribution is -2.68. The Balaban J connectivity index is 1.81. The largest absolute Gasteiger partial charge is 0.465 e. The number of epoxide rings is 1. The summed E-state index contributed by atoms with van der Waals surface area (Å²) in [7, 11) is 0. The Labute approximate surface area is 230 Å². The molecule has 4 rings (SSSR count). The zero-order chi connectivity index (χ0) is 28.9. The lowest BCUT2D eigenvalue weighted by atomic mass is 9.51. The SMILES string of the molecule is CC(=O)OC[C@]12C[C@H](OC(=O)CC(C)C)C(C)=C[C@H]1O[C@@H]1[C@H](OC(=O)CC(C)C)[C@@H](OC(C)=O)[C@@]2(C)C12CO2. The lowest BCUT2D eigenvalue weighted by molar-refractivity contribution is -0.241. The second-order valence-electron chi connectivity index (χ2n) is 12.6. The molecule has 8 atom stereocenters. The fourth-order valence-electron chi connectivity index (χ4n) is 6.89. The normalized spacial score (nSPS) is 38.2. The van der Waals surface area contributed by atoms with Gasteiger partial charge in [-0.25, -0.2) is 0 Å². The van der Waals surface area contributed by atoms with Gasteiger partial charge in [0.25, 0.3) is 0 Å². The third-order valence-corrected chi connectivity index (χ3v) is 8.82. The van der Waals surface area contributed by atoms with Crippen molar-refractivity contribution in [3.05, 3.63) is 11.6 Å². The van der Waals surface area contributed by atoms with Gasteiger partial charge < -0.3 is 28.4 Å². The standard InChI is InChI=1S/C29H42O10/c1-15(2)9-22(32)37-20-12-28(13-34-18(6)30)21(11-17(20)5)38-26-24(39-23(33)10-16(3)4)25(36-19(7)31)27(28,8)29(26)14-35-29/h11,15-16,20-21,24-26H,9-10,12-14H2,1-8H3/t20-,21+,24+,25+,26+,27+,28+,29?/m0/s1. The van der Waals surface area contributed by atoms with Crippen LogP contribution in [-0.4, -0.2) is 73.2 Å². The van der Waals surface area contributed by atoms with Crippen molar-refractivity contribution in [2.75, 3.05) is 13.2 Å². The van der Waals surface area contributed by atoms with Crippen LogP contribution < -0.4 is 0 Å². The first-order valence-electron chi connectivity index (χ1n) is 13.8. The predicted octanol–water partition coefficient (Wildman–Crippen LogP) is 3.29. The van der Waals surface area contributed by atoms with Gasteiger partial charge in [-0.3, -0.25) is 19.2 Å². The van der Waals surface area contributed by atoms with E-state index in [0.29, 0.717) is 6.61 Å². The summed E-state index contributed by atoms with van der Waals surface area (Å²) in [6, 6.07) is 0. The van der Waals surface area contributed by atoms with E-state index in [1.54, 1.807) is 0 Å². The van der Waals surface area contributed by atoms with Crippen molar-refractivity contribution in [3.8, 4) is 0 Å². The highest BCUT2D eigenvalue weighted by Gasteiger charge is 2.87. The molecule has 1 spiro atoms. The number of esters is 4. The third-order valence-electron chi connectivity index (χ3n) is 8.82. The van der Waals surface area contributed by atoms with Crippen LogP contribution in [0.2, 0.25) is 0 Å². The van der Waals surface area contributed by atoms with E-state index in [1.807, 2.05) is 47.6 Å². The number of carbonyl (C=O) groups excluding carboxylic acids is 4. The van der Waals surface area contributed by atoms with Gasteiger partial charge >= 0.3 is 23.9 Å². The summed E-state index contributed by atoms with van der Waals surface area (Å²) in [5.74, 6) is -1.59. The molecule has 10 nitrogen and oxygen atoms in total. The summed E-state index contributed by atoms with van der Waals surface area (Å²) in [5, 5.41) is 0. The molecule has 4 aliphatic rings. The average molecular weight is 551 g/mol. The van der Waals surface area contributed by atoms with Gasteiger partial charge in [0.2, 0.25) is 0 Å². The van der Waals surface area contributed by atoms with E-state index in [1.165, 1.54) is 13.8 Å². The van der Waals surface area contributed by atoms with Gasteiger partial charge in [0.05, 0.1) is 23.5 Å². The molecule has 0 radical (unpaired) electrons. The van der Waals surface area contributed by atoms with Crippen molar-refractivity contribution in [2.45, 2.75) is 111 Å². The summed E-state index contributed by atoms with van der Waals surface area (Å²) in [6.07, 6.45) is -1.21. The summed E-state index contributed by atoms with van der Waals surface area (Å²) in [5.41, 5.74) is -2.17. The molecule has 0 amide bonds. The molecule has 2 aliphatic carbocycles. The van der Waals surface area contributed by atoms with E-state index in [0.717, 1.165) is 5.57 Å². The van der Waals surface area contributed by atoms with E-state index in [9.17, 15) is 19.2 Å². The Morgan fingerprint density at radius 2 is 1.56 bits per heavy atom. The fourth-order valence-corrected chi connectivity index (χ4v) is 6.89. The van der Waals surface area contributed by atoms with Gasteiger partial charge in [-0.1, -0.05) is 40.7 Å². The van der Waals surface area contributed by atoms with Crippen LogP contribution in [0.5, 0.6) is 0 Å². The maximum Gasteiger partial charge on any atom is 0.306 e. The molecule has 1 unspecified atom stereocenters. The van der Waals surface area contributed by atoms with Gasteiger partial charge in [-0.05, 0) is 24.3 Å². The number of ether oxygens (including phenoxy) is 6. The molecule has 0 aromatic rings. The third kappa shape index (κ3) is 4.99. The lowest BCUT2D eigenvalue weighted by Gasteiger charge is -2.58. The minimum atomic E-state index is -1.02. The molecule has 2 heterocycles. The minimum absolute atomic E-state index is 0.0675. The summed E-state index contributed by atoms with van der Waals surface area (Å²) >= 11 is 0. The van der Waals surface area contributed by atoms with Crippen molar-refractivity contribution in [3.63, 3.8) is 0 Å². The minimum Gasteiger partial charge on any atom is -0.465 e. The molecule has 1 saturated carbocycles. The molecule has 0 aromatic carbocycles. The van der Waals surface area contributed by atoms with E-state index in [2.05, 4.69) is 0 Å². The Morgan fingerprint density at radius 3 is 2.08 bits per heavy atom. The molecule has 0 aromatic heterocycles. The first-order chi connectivity index (χ1) is 18.2. The van der Waals surface area contributed by atoms with Gasteiger partial charge in [0, 0.05) is 33.1 Å². The smallest absolute Gasteiger partial charge is 0.306 e. The van der Waals surface area contributed by atoms with Crippen molar-refractivity contribution in [2.24, 2.45) is 22.7 Å². The highest BCUT2D eigenvalue weighted by atomic mass is 16.7. The van der Waals surface area contributed by atoms with Gasteiger partial charge in [-0.15, -0.1) is 0 Å². The number of hydrogen-bond acceptors (Lipinski definition) is 10. The maximum absolute atomic E-state index is 12.9. The van der Waals surface area contributed by atoms with Crippen LogP contribution in [0.15, 0.2) is 11.6 Å². The van der Waals surface area contributed by atoms with Gasteiger partial charge in [-0.2, -0.15) is 0 Å². The first-order valence-corrected chi connectivity index (χ1v) is 13.8. The second-order valence-corrected chi connectivity index (χ2v) is 12.6. The number of carbonyl (C=O) groups is 4. The van der Waals surface area contributed by atoms with Crippen LogP contribution in [0.3, 0.4) is 0 Å². The average Bonchev–Trinajstić information content (AvgIpc) is 3.58. The Hall–Kier alpha value is -2.46. The molecule has 3 fully saturated rings. The predicted molar refractivity (Wildman–Crippen MR) is 137 cm³/mol. The zero-order valence-electron chi connectivity index (χ0n) is 24.2. The zero-order valence-corrected chi connectivity index (χ0v) is 24.2. The highest BCUT2D eigenvalue weighted by Crippen LogP contribution is 2.72. The number of fused-ring (bicyclic) bond motifs is 2. The van der Waals surface area contributed by atoms with E-state index in [-0.39, 0.29) is 43.7 Å². The molecular weight excluding hydrogens is 508 g/mol. The van der Waals surface area contributed by atoms with Crippen LogP contribution in [0.25, 0.3) is 0 Å². The van der Waals surface area contributed by atoms with Crippen molar-refractivity contribution in [1.29, 1.82) is 0 Å². The Bertz CT molecular complexity index is 1040. The molecule has 0 N–H and O–H groups in total. The maximum atomic E-state index is 12.9. The molecule has 39 heavy (non-hydrogen) atoms. The van der Waals surface area contributed by atoms with Crippen LogP contribution in [0.4, 0.5) is 0 Å². The molecular formula is C29H42O10. The number of hydrogen-bond donors (Lipinski definition) is 0. The Morgan fingerprint density at radius 1 is 0.974 bits per heavy atom. The molecule has 218 valence electrons. The first kappa shape index (κ1) is 29.5. The van der Waals surface area contributed by atoms with Crippen molar-refractivity contribution in [1.82, 2.24) is 0 Å². The molecule has 10 heteroatoms.